The van der Waals surface area contributed by atoms with E-state index >= 15 is 0 Å². The van der Waals surface area contributed by atoms with E-state index in [2.05, 4.69) is 10.6 Å². The highest BCUT2D eigenvalue weighted by atomic mass is 16.5. The highest BCUT2D eigenvalue weighted by Gasteiger charge is 2.29. The Labute approximate surface area is 231 Å². The number of hydrogen-bond acceptors (Lipinski definition) is 7. The minimum absolute atomic E-state index is 0.0753. The van der Waals surface area contributed by atoms with Gasteiger partial charge in [-0.15, -0.1) is 0 Å². The van der Waals surface area contributed by atoms with Gasteiger partial charge in [0.15, 0.2) is 0 Å². The van der Waals surface area contributed by atoms with Gasteiger partial charge in [-0.1, -0.05) is 60.7 Å². The second-order valence-corrected chi connectivity index (χ2v) is 8.95. The number of benzene rings is 3. The maximum atomic E-state index is 12.9. The van der Waals surface area contributed by atoms with Gasteiger partial charge in [-0.3, -0.25) is 25.1 Å². The fourth-order valence-corrected chi connectivity index (χ4v) is 3.90. The summed E-state index contributed by atoms with van der Waals surface area (Å²) in [6.07, 6.45) is -0.776. The molecule has 1 fully saturated rings. The second kappa shape index (κ2) is 13.6. The highest BCUT2D eigenvalue weighted by molar-refractivity contribution is 6.01. The minimum atomic E-state index is -0.776. The number of nitrogens with one attached hydrogen (secondary N) is 3. The zero-order valence-corrected chi connectivity index (χ0v) is 21.7. The molecule has 1 heterocycles. The van der Waals surface area contributed by atoms with Crippen molar-refractivity contribution in [3.05, 3.63) is 102 Å². The molecule has 206 valence electrons. The first-order chi connectivity index (χ1) is 19.4. The largest absolute Gasteiger partial charge is 0.459 e. The number of alkyl carbamates (subject to hydrolysis) is 1. The van der Waals surface area contributed by atoms with Crippen LogP contribution in [0.25, 0.3) is 0 Å². The van der Waals surface area contributed by atoms with E-state index in [-0.39, 0.29) is 57.2 Å². The van der Waals surface area contributed by atoms with E-state index in [4.69, 9.17) is 14.9 Å². The van der Waals surface area contributed by atoms with E-state index in [0.29, 0.717) is 11.3 Å². The third-order valence-corrected chi connectivity index (χ3v) is 6.01. The van der Waals surface area contributed by atoms with Crippen LogP contribution in [-0.2, 0) is 32.3 Å². The molecule has 0 spiro atoms. The molecule has 11 nitrogen and oxygen atoms in total. The summed E-state index contributed by atoms with van der Waals surface area (Å²) in [4.78, 5) is 52.4. The van der Waals surface area contributed by atoms with Gasteiger partial charge in [0.25, 0.3) is 5.91 Å². The average molecular weight is 544 g/mol. The SMILES string of the molecule is N=C(NC(=O)OCc1ccccc1)Nc1ccc(C(=O)N2CCN(CC(=O)OCc3ccccc3)C(=O)C2)cc1. The van der Waals surface area contributed by atoms with Gasteiger partial charge in [-0.2, -0.15) is 0 Å². The van der Waals surface area contributed by atoms with Crippen molar-refractivity contribution in [1.82, 2.24) is 15.1 Å². The summed E-state index contributed by atoms with van der Waals surface area (Å²) in [5, 5.41) is 12.9. The van der Waals surface area contributed by atoms with E-state index in [0.717, 1.165) is 11.1 Å². The molecule has 3 aromatic carbocycles. The molecule has 0 aliphatic carbocycles. The lowest BCUT2D eigenvalue weighted by atomic mass is 10.1. The highest BCUT2D eigenvalue weighted by Crippen LogP contribution is 2.14. The molecule has 3 N–H and O–H groups in total. The van der Waals surface area contributed by atoms with Crippen molar-refractivity contribution >= 4 is 35.5 Å². The Morgan fingerprint density at radius 3 is 2.00 bits per heavy atom. The smallest absolute Gasteiger partial charge is 0.414 e. The molecule has 1 aliphatic heterocycles. The summed E-state index contributed by atoms with van der Waals surface area (Å²) in [6.45, 7) is 0.374. The number of rotatable bonds is 8. The Morgan fingerprint density at radius 2 is 1.40 bits per heavy atom. The van der Waals surface area contributed by atoms with Gasteiger partial charge in [-0.25, -0.2) is 4.79 Å². The molecule has 0 saturated carbocycles. The summed E-state index contributed by atoms with van der Waals surface area (Å²) in [6, 6.07) is 24.7. The Bertz CT molecular complexity index is 1350. The lowest BCUT2D eigenvalue weighted by molar-refractivity contribution is -0.151. The minimum Gasteiger partial charge on any atom is -0.459 e. The number of ether oxygens (including phenoxy) is 2. The third-order valence-electron chi connectivity index (χ3n) is 6.01. The van der Waals surface area contributed by atoms with Gasteiger partial charge in [0.1, 0.15) is 26.3 Å². The molecule has 40 heavy (non-hydrogen) atoms. The molecule has 0 atom stereocenters. The van der Waals surface area contributed by atoms with Crippen molar-refractivity contribution in [2.24, 2.45) is 0 Å². The van der Waals surface area contributed by atoms with Crippen molar-refractivity contribution < 1.29 is 28.7 Å². The molecule has 1 aliphatic rings. The lowest BCUT2D eigenvalue weighted by Gasteiger charge is -2.33. The van der Waals surface area contributed by atoms with Gasteiger partial charge < -0.3 is 24.6 Å². The number of piperazine rings is 1. The summed E-state index contributed by atoms with van der Waals surface area (Å²) in [7, 11) is 0. The van der Waals surface area contributed by atoms with Crippen molar-refractivity contribution in [2.75, 3.05) is 31.5 Å². The fourth-order valence-electron chi connectivity index (χ4n) is 3.90. The standard InChI is InChI=1S/C29H29N5O6/c30-28(32-29(38)40-20-22-9-5-2-6-10-22)31-24-13-11-23(12-14-24)27(37)34-16-15-33(25(35)17-34)18-26(36)39-19-21-7-3-1-4-8-21/h1-14H,15-20H2,(H3,30,31,32,38). The molecule has 0 unspecified atom stereocenters. The Balaban J connectivity index is 1.19. The number of amides is 3. The molecule has 3 amide bonds. The first kappa shape index (κ1) is 27.8. The first-order valence-corrected chi connectivity index (χ1v) is 12.6. The fraction of sp³-hybridized carbons (Fsp3) is 0.207. The number of anilines is 1. The summed E-state index contributed by atoms with van der Waals surface area (Å²) < 4.78 is 10.3. The van der Waals surface area contributed by atoms with Crippen molar-refractivity contribution in [3.63, 3.8) is 0 Å². The van der Waals surface area contributed by atoms with E-state index < -0.39 is 12.1 Å². The van der Waals surface area contributed by atoms with Crippen molar-refractivity contribution in [1.29, 1.82) is 5.41 Å². The maximum absolute atomic E-state index is 12.9. The van der Waals surface area contributed by atoms with Gasteiger partial charge in [0, 0.05) is 24.3 Å². The van der Waals surface area contributed by atoms with Crippen LogP contribution in [0.15, 0.2) is 84.9 Å². The van der Waals surface area contributed by atoms with E-state index in [1.54, 1.807) is 24.3 Å². The van der Waals surface area contributed by atoms with Crippen molar-refractivity contribution in [2.45, 2.75) is 13.2 Å². The quantitative estimate of drug-likeness (QED) is 0.225. The number of carbonyl (C=O) groups excluding carboxylic acids is 4. The van der Waals surface area contributed by atoms with Crippen LogP contribution in [0.3, 0.4) is 0 Å². The number of carbonyl (C=O) groups is 4. The number of guanidine groups is 1. The van der Waals surface area contributed by atoms with Crippen molar-refractivity contribution in [3.8, 4) is 0 Å². The van der Waals surface area contributed by atoms with E-state index in [1.807, 2.05) is 60.7 Å². The van der Waals surface area contributed by atoms with Crippen LogP contribution in [0.1, 0.15) is 21.5 Å². The molecule has 3 aromatic rings. The van der Waals surface area contributed by atoms with Crippen LogP contribution in [0.4, 0.5) is 10.5 Å². The van der Waals surface area contributed by atoms with Crippen LogP contribution < -0.4 is 10.6 Å². The number of hydrogen-bond donors (Lipinski definition) is 3. The lowest BCUT2D eigenvalue weighted by Crippen LogP contribution is -2.53. The molecule has 0 bridgehead atoms. The molecular weight excluding hydrogens is 514 g/mol. The zero-order valence-electron chi connectivity index (χ0n) is 21.7. The monoisotopic (exact) mass is 543 g/mol. The van der Waals surface area contributed by atoms with Crippen LogP contribution in [0.5, 0.6) is 0 Å². The Hall–Kier alpha value is -5.19. The maximum Gasteiger partial charge on any atom is 0.414 e. The predicted molar refractivity (Wildman–Crippen MR) is 146 cm³/mol. The Morgan fingerprint density at radius 1 is 0.800 bits per heavy atom. The zero-order chi connectivity index (χ0) is 28.3. The van der Waals surface area contributed by atoms with Gasteiger partial charge in [-0.05, 0) is 35.4 Å². The topological polar surface area (TPSA) is 141 Å². The van der Waals surface area contributed by atoms with Crippen LogP contribution in [0.2, 0.25) is 0 Å². The molecule has 4 rings (SSSR count). The predicted octanol–water partition coefficient (Wildman–Crippen LogP) is 2.99. The first-order valence-electron chi connectivity index (χ1n) is 12.6. The third kappa shape index (κ3) is 8.15. The van der Waals surface area contributed by atoms with Gasteiger partial charge in [0.05, 0.1) is 0 Å². The molecule has 11 heteroatoms. The molecule has 1 saturated heterocycles. The summed E-state index contributed by atoms with van der Waals surface area (Å²) in [5.41, 5.74) is 2.51. The average Bonchev–Trinajstić information content (AvgIpc) is 2.97. The summed E-state index contributed by atoms with van der Waals surface area (Å²) >= 11 is 0. The molecule has 0 radical (unpaired) electrons. The van der Waals surface area contributed by atoms with E-state index in [1.165, 1.54) is 9.80 Å². The summed E-state index contributed by atoms with van der Waals surface area (Å²) in [5.74, 6) is -1.47. The second-order valence-electron chi connectivity index (χ2n) is 8.95. The normalized spacial score (nSPS) is 12.8. The Kier molecular flexibility index (Phi) is 9.44. The molecular formula is C29H29N5O6. The van der Waals surface area contributed by atoms with Gasteiger partial charge >= 0.3 is 12.1 Å². The van der Waals surface area contributed by atoms with Crippen LogP contribution >= 0.6 is 0 Å². The van der Waals surface area contributed by atoms with E-state index in [9.17, 15) is 19.2 Å². The van der Waals surface area contributed by atoms with Gasteiger partial charge in [0.2, 0.25) is 11.9 Å². The van der Waals surface area contributed by atoms with Crippen LogP contribution in [0, 0.1) is 5.41 Å². The number of nitrogens with zero attached hydrogens (tertiary/aromatic N) is 2. The molecule has 0 aromatic heterocycles. The number of esters is 1. The van der Waals surface area contributed by atoms with Crippen LogP contribution in [-0.4, -0.2) is 65.8 Å².